The minimum Gasteiger partial charge on any atom is -0.368 e. The Morgan fingerprint density at radius 3 is 2.54 bits per heavy atom. The van der Waals surface area contributed by atoms with E-state index < -0.39 is 10.0 Å². The molecule has 0 saturated carbocycles. The molecule has 2 aromatic rings. The molecule has 0 atom stereocenters. The summed E-state index contributed by atoms with van der Waals surface area (Å²) in [4.78, 5) is 0.0299. The predicted octanol–water partition coefficient (Wildman–Crippen LogP) is 3.18. The van der Waals surface area contributed by atoms with E-state index in [9.17, 15) is 8.42 Å². The van der Waals surface area contributed by atoms with E-state index in [1.807, 2.05) is 0 Å². The Balaban J connectivity index is 1.58. The molecule has 26 heavy (non-hydrogen) atoms. The molecule has 0 aliphatic heterocycles. The topological polar surface area (TPSA) is 110 Å². The van der Waals surface area contributed by atoms with Gasteiger partial charge in [0.15, 0.2) is 16.5 Å². The van der Waals surface area contributed by atoms with Gasteiger partial charge in [0.2, 0.25) is 0 Å². The van der Waals surface area contributed by atoms with Gasteiger partial charge in [-0.25, -0.2) is 8.42 Å². The summed E-state index contributed by atoms with van der Waals surface area (Å²) in [6, 6.07) is 3.28. The number of hydrogen-bond donors (Lipinski definition) is 2. The second-order valence-corrected chi connectivity index (χ2v) is 7.97. The minimum atomic E-state index is -3.81. The van der Waals surface area contributed by atoms with E-state index >= 15 is 0 Å². The van der Waals surface area contributed by atoms with Gasteiger partial charge in [-0.1, -0.05) is 16.8 Å². The average molecular weight is 377 g/mol. The van der Waals surface area contributed by atoms with Gasteiger partial charge in [0.1, 0.15) is 11.5 Å². The molecule has 0 bridgehead atoms. The molecule has 8 nitrogen and oxygen atoms in total. The van der Waals surface area contributed by atoms with Crippen molar-refractivity contribution < 1.29 is 12.9 Å². The molecule has 2 aromatic heterocycles. The number of nitrogens with one attached hydrogen (secondary N) is 2. The molecule has 1 aliphatic carbocycles. The van der Waals surface area contributed by atoms with Crippen molar-refractivity contribution in [1.29, 1.82) is 0 Å². The van der Waals surface area contributed by atoms with E-state index in [0.717, 1.165) is 13.0 Å². The molecule has 9 heteroatoms. The molecule has 2 heterocycles. The summed E-state index contributed by atoms with van der Waals surface area (Å²) in [7, 11) is -3.81. The summed E-state index contributed by atoms with van der Waals surface area (Å²) in [5, 5.41) is 14.8. The van der Waals surface area contributed by atoms with Gasteiger partial charge in [0.25, 0.3) is 10.0 Å². The summed E-state index contributed by atoms with van der Waals surface area (Å²) in [5.74, 6) is 0.991. The summed E-state index contributed by atoms with van der Waals surface area (Å²) in [5.41, 5.74) is 1.79. The summed E-state index contributed by atoms with van der Waals surface area (Å²) in [6.45, 7) is 3.91. The molecular weight excluding hydrogens is 354 g/mol. The van der Waals surface area contributed by atoms with Crippen LogP contribution >= 0.6 is 0 Å². The van der Waals surface area contributed by atoms with E-state index in [1.54, 1.807) is 26.0 Å². The highest BCUT2D eigenvalue weighted by Gasteiger charge is 2.24. The Kier molecular flexibility index (Phi) is 5.55. The fourth-order valence-electron chi connectivity index (χ4n) is 3.01. The predicted molar refractivity (Wildman–Crippen MR) is 98.5 cm³/mol. The van der Waals surface area contributed by atoms with E-state index in [4.69, 9.17) is 4.52 Å². The van der Waals surface area contributed by atoms with Crippen LogP contribution in [0.2, 0.25) is 0 Å². The second-order valence-electron chi connectivity index (χ2n) is 6.35. The number of rotatable bonds is 7. The van der Waals surface area contributed by atoms with E-state index in [2.05, 4.69) is 31.5 Å². The van der Waals surface area contributed by atoms with Crippen LogP contribution in [0.15, 0.2) is 33.2 Å². The Labute approximate surface area is 153 Å². The van der Waals surface area contributed by atoms with Crippen LogP contribution < -0.4 is 10.0 Å². The number of allylic oxidation sites excluding steroid dienone is 1. The first kappa shape index (κ1) is 18.4. The van der Waals surface area contributed by atoms with Crippen LogP contribution in [0.25, 0.3) is 0 Å². The Morgan fingerprint density at radius 1 is 1.15 bits per heavy atom. The third kappa shape index (κ3) is 4.40. The van der Waals surface area contributed by atoms with Crippen molar-refractivity contribution in [3.05, 3.63) is 35.2 Å². The smallest absolute Gasteiger partial charge is 0.268 e. The van der Waals surface area contributed by atoms with Crippen molar-refractivity contribution >= 4 is 21.7 Å². The number of aromatic nitrogens is 3. The first-order valence-electron chi connectivity index (χ1n) is 8.67. The van der Waals surface area contributed by atoms with Gasteiger partial charge in [-0.2, -0.15) is 0 Å². The monoisotopic (exact) mass is 377 g/mol. The maximum absolute atomic E-state index is 12.4. The fraction of sp³-hybridized carbons (Fsp3) is 0.471. The van der Waals surface area contributed by atoms with E-state index in [0.29, 0.717) is 11.5 Å². The highest BCUT2D eigenvalue weighted by molar-refractivity contribution is 7.92. The molecule has 140 valence electrons. The molecule has 0 spiro atoms. The highest BCUT2D eigenvalue weighted by Crippen LogP contribution is 2.22. The van der Waals surface area contributed by atoms with Crippen molar-refractivity contribution in [2.24, 2.45) is 0 Å². The molecule has 0 fully saturated rings. The first-order chi connectivity index (χ1) is 12.5. The van der Waals surface area contributed by atoms with Crippen molar-refractivity contribution in [2.75, 3.05) is 16.6 Å². The Bertz CT molecular complexity index is 868. The lowest BCUT2D eigenvalue weighted by atomic mass is 9.97. The molecule has 3 rings (SSSR count). The zero-order valence-corrected chi connectivity index (χ0v) is 15.8. The fourth-order valence-corrected chi connectivity index (χ4v) is 4.34. The third-order valence-corrected chi connectivity index (χ3v) is 5.88. The maximum Gasteiger partial charge on any atom is 0.268 e. The molecule has 0 amide bonds. The Morgan fingerprint density at radius 2 is 1.92 bits per heavy atom. The van der Waals surface area contributed by atoms with E-state index in [1.165, 1.54) is 31.3 Å². The van der Waals surface area contributed by atoms with Crippen LogP contribution in [0.3, 0.4) is 0 Å². The first-order valence-corrected chi connectivity index (χ1v) is 10.2. The SMILES string of the molecule is Cc1noc(C)c1S(=O)(=O)Nc1ccc(NCCC2=CCCCC2)nn1. The van der Waals surface area contributed by atoms with Gasteiger partial charge in [-0.3, -0.25) is 4.72 Å². The van der Waals surface area contributed by atoms with Crippen LogP contribution in [0.1, 0.15) is 43.6 Å². The molecule has 0 radical (unpaired) electrons. The van der Waals surface area contributed by atoms with Gasteiger partial charge in [-0.15, -0.1) is 10.2 Å². The summed E-state index contributed by atoms with van der Waals surface area (Å²) < 4.78 is 32.2. The summed E-state index contributed by atoms with van der Waals surface area (Å²) in [6.07, 6.45) is 8.22. The third-order valence-electron chi connectivity index (χ3n) is 4.28. The largest absolute Gasteiger partial charge is 0.368 e. The maximum atomic E-state index is 12.4. The van der Waals surface area contributed by atoms with Gasteiger partial charge in [-0.05, 0) is 58.1 Å². The molecular formula is C17H23N5O3S. The quantitative estimate of drug-likeness (QED) is 0.713. The molecule has 0 aromatic carbocycles. The number of sulfonamides is 1. The van der Waals surface area contributed by atoms with Crippen molar-refractivity contribution in [3.8, 4) is 0 Å². The zero-order chi connectivity index (χ0) is 18.6. The molecule has 2 N–H and O–H groups in total. The number of anilines is 2. The Hall–Kier alpha value is -2.42. The van der Waals surface area contributed by atoms with Gasteiger partial charge in [0.05, 0.1) is 0 Å². The summed E-state index contributed by atoms with van der Waals surface area (Å²) >= 11 is 0. The number of hydrogen-bond acceptors (Lipinski definition) is 7. The van der Waals surface area contributed by atoms with Gasteiger partial charge < -0.3 is 9.84 Å². The molecule has 1 aliphatic rings. The molecule has 0 unspecified atom stereocenters. The van der Waals surface area contributed by atoms with Crippen LogP contribution in [-0.2, 0) is 10.0 Å². The van der Waals surface area contributed by atoms with Crippen molar-refractivity contribution in [3.63, 3.8) is 0 Å². The normalized spacial score (nSPS) is 14.8. The van der Waals surface area contributed by atoms with Crippen molar-refractivity contribution in [2.45, 2.75) is 50.8 Å². The zero-order valence-electron chi connectivity index (χ0n) is 14.9. The van der Waals surface area contributed by atoms with E-state index in [-0.39, 0.29) is 16.5 Å². The minimum absolute atomic E-state index is 0.0299. The van der Waals surface area contributed by atoms with Crippen LogP contribution in [-0.4, -0.2) is 30.3 Å². The lowest BCUT2D eigenvalue weighted by Crippen LogP contribution is -2.16. The second kappa shape index (κ2) is 7.86. The van der Waals surface area contributed by atoms with Gasteiger partial charge >= 0.3 is 0 Å². The van der Waals surface area contributed by atoms with Gasteiger partial charge in [0, 0.05) is 6.54 Å². The average Bonchev–Trinajstić information content (AvgIpc) is 2.96. The lowest BCUT2D eigenvalue weighted by Gasteiger charge is -2.13. The number of nitrogens with zero attached hydrogens (tertiary/aromatic N) is 3. The van der Waals surface area contributed by atoms with Crippen LogP contribution in [0.5, 0.6) is 0 Å². The highest BCUT2D eigenvalue weighted by atomic mass is 32.2. The van der Waals surface area contributed by atoms with Crippen molar-refractivity contribution in [1.82, 2.24) is 15.4 Å². The standard InChI is InChI=1S/C17H23N5O3S/c1-12-17(13(2)25-21-12)26(23,24)22-16-9-8-15(19-20-16)18-11-10-14-6-4-3-5-7-14/h6,8-9H,3-5,7,10-11H2,1-2H3,(H,18,19)(H,20,22). The molecule has 0 saturated heterocycles. The van der Waals surface area contributed by atoms with Crippen LogP contribution in [0, 0.1) is 13.8 Å². The lowest BCUT2D eigenvalue weighted by molar-refractivity contribution is 0.390. The van der Waals surface area contributed by atoms with Crippen LogP contribution in [0.4, 0.5) is 11.6 Å². The number of aryl methyl sites for hydroxylation is 2.